The van der Waals surface area contributed by atoms with Crippen molar-refractivity contribution < 1.29 is 8.42 Å². The lowest BCUT2D eigenvalue weighted by atomic mass is 10.1. The van der Waals surface area contributed by atoms with Gasteiger partial charge in [0.25, 0.3) is 0 Å². The lowest BCUT2D eigenvalue weighted by Crippen LogP contribution is -2.48. The molecule has 0 aromatic heterocycles. The summed E-state index contributed by atoms with van der Waals surface area (Å²) < 4.78 is 24.6. The highest BCUT2D eigenvalue weighted by Gasteiger charge is 2.27. The lowest BCUT2D eigenvalue weighted by molar-refractivity contribution is 0.172. The van der Waals surface area contributed by atoms with E-state index in [1.54, 1.807) is 19.0 Å². The van der Waals surface area contributed by atoms with E-state index in [4.69, 9.17) is 5.84 Å². The smallest absolute Gasteiger partial charge is 0.213 e. The van der Waals surface area contributed by atoms with Gasteiger partial charge in [-0.15, -0.1) is 0 Å². The monoisotopic (exact) mass is 221 g/mol. The van der Waals surface area contributed by atoms with Gasteiger partial charge in [-0.05, 0) is 19.8 Å². The van der Waals surface area contributed by atoms with E-state index >= 15 is 0 Å². The molecular formula is C8H19N3O2S. The molecule has 1 rings (SSSR count). The molecule has 84 valence electrons. The molecule has 0 radical (unpaired) electrons. The molecule has 6 heteroatoms. The van der Waals surface area contributed by atoms with Crippen LogP contribution in [0.4, 0.5) is 0 Å². The Labute approximate surface area is 85.9 Å². The van der Waals surface area contributed by atoms with Crippen LogP contribution in [-0.2, 0) is 10.0 Å². The van der Waals surface area contributed by atoms with Crippen LogP contribution in [0.25, 0.3) is 0 Å². The second-order valence-corrected chi connectivity index (χ2v) is 6.00. The molecule has 1 fully saturated rings. The largest absolute Gasteiger partial charge is 0.269 e. The Morgan fingerprint density at radius 3 is 2.36 bits per heavy atom. The number of nitrogens with zero attached hydrogens (tertiary/aromatic N) is 2. The zero-order chi connectivity index (χ0) is 10.8. The maximum atomic E-state index is 11.6. The minimum atomic E-state index is -3.04. The van der Waals surface area contributed by atoms with E-state index in [1.165, 1.54) is 4.31 Å². The molecule has 2 N–H and O–H groups in total. The SMILES string of the molecule is CCS(=O)(=O)N(C)C1CCN(N)CC1. The molecule has 1 heterocycles. The Balaban J connectivity index is 2.58. The number of nitrogens with two attached hydrogens (primary N) is 1. The summed E-state index contributed by atoms with van der Waals surface area (Å²) in [6, 6.07) is 0.125. The molecule has 1 aliphatic heterocycles. The van der Waals surface area contributed by atoms with Crippen molar-refractivity contribution in [3.05, 3.63) is 0 Å². The second-order valence-electron chi connectivity index (χ2n) is 3.68. The lowest BCUT2D eigenvalue weighted by Gasteiger charge is -2.33. The van der Waals surface area contributed by atoms with Crippen molar-refractivity contribution >= 4 is 10.0 Å². The molecule has 0 atom stereocenters. The first-order valence-electron chi connectivity index (χ1n) is 4.92. The molecule has 0 unspecified atom stereocenters. The highest BCUT2D eigenvalue weighted by Crippen LogP contribution is 2.16. The molecular weight excluding hydrogens is 202 g/mol. The van der Waals surface area contributed by atoms with E-state index in [9.17, 15) is 8.42 Å². The molecule has 0 spiro atoms. The third-order valence-corrected chi connectivity index (χ3v) is 4.72. The summed E-state index contributed by atoms with van der Waals surface area (Å²) in [5, 5.41) is 1.74. The van der Waals surface area contributed by atoms with Crippen molar-refractivity contribution in [2.45, 2.75) is 25.8 Å². The van der Waals surface area contributed by atoms with Crippen LogP contribution in [0.5, 0.6) is 0 Å². The average molecular weight is 221 g/mol. The van der Waals surface area contributed by atoms with E-state index in [2.05, 4.69) is 0 Å². The number of hydrogen-bond acceptors (Lipinski definition) is 4. The molecule has 0 saturated carbocycles. The van der Waals surface area contributed by atoms with Gasteiger partial charge in [-0.3, -0.25) is 5.84 Å². The van der Waals surface area contributed by atoms with E-state index in [-0.39, 0.29) is 11.8 Å². The number of rotatable bonds is 3. The van der Waals surface area contributed by atoms with Crippen molar-refractivity contribution in [1.29, 1.82) is 0 Å². The van der Waals surface area contributed by atoms with Gasteiger partial charge in [-0.25, -0.2) is 17.7 Å². The van der Waals surface area contributed by atoms with Crippen LogP contribution in [-0.4, -0.2) is 49.7 Å². The fourth-order valence-corrected chi connectivity index (χ4v) is 2.75. The Morgan fingerprint density at radius 1 is 1.43 bits per heavy atom. The van der Waals surface area contributed by atoms with Crippen LogP contribution in [0, 0.1) is 0 Å². The highest BCUT2D eigenvalue weighted by atomic mass is 32.2. The van der Waals surface area contributed by atoms with E-state index < -0.39 is 10.0 Å². The number of hydrazine groups is 1. The maximum Gasteiger partial charge on any atom is 0.213 e. The van der Waals surface area contributed by atoms with Crippen LogP contribution in [0.15, 0.2) is 0 Å². The fourth-order valence-electron chi connectivity index (χ4n) is 1.68. The van der Waals surface area contributed by atoms with E-state index in [0.29, 0.717) is 0 Å². The quantitative estimate of drug-likeness (QED) is 0.659. The minimum absolute atomic E-state index is 0.125. The Bertz CT molecular complexity index is 270. The van der Waals surface area contributed by atoms with Crippen molar-refractivity contribution in [1.82, 2.24) is 9.31 Å². The van der Waals surface area contributed by atoms with Crippen LogP contribution < -0.4 is 5.84 Å². The third-order valence-electron chi connectivity index (χ3n) is 2.82. The van der Waals surface area contributed by atoms with Crippen molar-refractivity contribution in [3.63, 3.8) is 0 Å². The normalized spacial score (nSPS) is 21.7. The van der Waals surface area contributed by atoms with Crippen molar-refractivity contribution in [3.8, 4) is 0 Å². The fraction of sp³-hybridized carbons (Fsp3) is 1.00. The van der Waals surface area contributed by atoms with Gasteiger partial charge in [-0.2, -0.15) is 0 Å². The average Bonchev–Trinajstić information content (AvgIpc) is 2.18. The van der Waals surface area contributed by atoms with Crippen LogP contribution in [0.2, 0.25) is 0 Å². The molecule has 1 aliphatic rings. The zero-order valence-electron chi connectivity index (χ0n) is 8.81. The summed E-state index contributed by atoms with van der Waals surface area (Å²) in [5.74, 6) is 5.78. The van der Waals surface area contributed by atoms with Gasteiger partial charge in [0.05, 0.1) is 5.75 Å². The third kappa shape index (κ3) is 2.66. The van der Waals surface area contributed by atoms with Gasteiger partial charge < -0.3 is 0 Å². The first-order chi connectivity index (χ1) is 6.47. The summed E-state index contributed by atoms with van der Waals surface area (Å²) in [6.45, 7) is 3.21. The summed E-state index contributed by atoms with van der Waals surface area (Å²) in [6.07, 6.45) is 1.65. The minimum Gasteiger partial charge on any atom is -0.269 e. The molecule has 14 heavy (non-hydrogen) atoms. The Morgan fingerprint density at radius 2 is 1.93 bits per heavy atom. The van der Waals surface area contributed by atoms with Gasteiger partial charge in [0.15, 0.2) is 0 Å². The summed E-state index contributed by atoms with van der Waals surface area (Å²) in [7, 11) is -1.38. The molecule has 5 nitrogen and oxygen atoms in total. The number of hydrogen-bond donors (Lipinski definition) is 1. The topological polar surface area (TPSA) is 66.6 Å². The second kappa shape index (κ2) is 4.57. The number of piperidine rings is 1. The standard InChI is InChI=1S/C8H19N3O2S/c1-3-14(12,13)10(2)8-4-6-11(9)7-5-8/h8H,3-7,9H2,1-2H3. The van der Waals surface area contributed by atoms with Gasteiger partial charge in [0, 0.05) is 26.2 Å². The van der Waals surface area contributed by atoms with Gasteiger partial charge in [-0.1, -0.05) is 0 Å². The summed E-state index contributed by atoms with van der Waals surface area (Å²) in [5.41, 5.74) is 0. The first kappa shape index (κ1) is 11.9. The summed E-state index contributed by atoms with van der Waals surface area (Å²) in [4.78, 5) is 0. The van der Waals surface area contributed by atoms with Crippen molar-refractivity contribution in [2.24, 2.45) is 5.84 Å². The van der Waals surface area contributed by atoms with Crippen LogP contribution in [0.3, 0.4) is 0 Å². The van der Waals surface area contributed by atoms with Gasteiger partial charge in [0.1, 0.15) is 0 Å². The molecule has 0 aliphatic carbocycles. The van der Waals surface area contributed by atoms with Crippen molar-refractivity contribution in [2.75, 3.05) is 25.9 Å². The van der Waals surface area contributed by atoms with E-state index in [0.717, 1.165) is 25.9 Å². The Hall–Kier alpha value is -0.170. The van der Waals surface area contributed by atoms with Crippen LogP contribution >= 0.6 is 0 Å². The molecule has 0 aromatic rings. The number of sulfonamides is 1. The molecule has 0 aromatic carbocycles. The van der Waals surface area contributed by atoms with Crippen LogP contribution in [0.1, 0.15) is 19.8 Å². The Kier molecular flexibility index (Phi) is 3.88. The highest BCUT2D eigenvalue weighted by molar-refractivity contribution is 7.89. The molecule has 0 bridgehead atoms. The first-order valence-corrected chi connectivity index (χ1v) is 6.53. The van der Waals surface area contributed by atoms with Gasteiger partial charge in [0.2, 0.25) is 10.0 Å². The van der Waals surface area contributed by atoms with Gasteiger partial charge >= 0.3 is 0 Å². The predicted octanol–water partition coefficient (Wildman–Crippen LogP) is -0.394. The predicted molar refractivity (Wildman–Crippen MR) is 56.0 cm³/mol. The maximum absolute atomic E-state index is 11.6. The summed E-state index contributed by atoms with van der Waals surface area (Å²) >= 11 is 0. The molecule has 1 saturated heterocycles. The zero-order valence-corrected chi connectivity index (χ0v) is 9.63. The van der Waals surface area contributed by atoms with E-state index in [1.807, 2.05) is 0 Å². The molecule has 0 amide bonds.